The average Bonchev–Trinajstić information content (AvgIpc) is 2.70. The van der Waals surface area contributed by atoms with Crippen LogP contribution in [0.1, 0.15) is 31.2 Å². The van der Waals surface area contributed by atoms with Crippen molar-refractivity contribution < 1.29 is 13.9 Å². The molecule has 2 atom stereocenters. The Kier molecular flexibility index (Phi) is 7.00. The number of halogens is 1. The molecular weight excluding hydrogens is 333 g/mol. The maximum atomic E-state index is 13.1. The number of nitrogens with one attached hydrogen (secondary N) is 1. The fourth-order valence-corrected chi connectivity index (χ4v) is 3.82. The standard InChI is InChI=1S/C20H30FN3O2/c1-16(17-3-5-18(21)6-4-17)2-7-19(23-10-8-22-9-11-23)20(25)24-12-14-26-15-13-24/h3-6,16,19,22H,2,7-15H2,1H3. The summed E-state index contributed by atoms with van der Waals surface area (Å²) in [5.74, 6) is 0.335. The maximum absolute atomic E-state index is 13.1. The van der Waals surface area contributed by atoms with E-state index in [-0.39, 0.29) is 17.8 Å². The molecule has 5 nitrogen and oxygen atoms in total. The van der Waals surface area contributed by atoms with Crippen molar-refractivity contribution in [2.24, 2.45) is 0 Å². The highest BCUT2D eigenvalue weighted by molar-refractivity contribution is 5.82. The molecule has 1 aromatic rings. The van der Waals surface area contributed by atoms with E-state index in [1.807, 2.05) is 17.0 Å². The van der Waals surface area contributed by atoms with Crippen molar-refractivity contribution in [2.75, 3.05) is 52.5 Å². The lowest BCUT2D eigenvalue weighted by Gasteiger charge is -2.38. The molecule has 144 valence electrons. The van der Waals surface area contributed by atoms with E-state index in [1.165, 1.54) is 12.1 Å². The van der Waals surface area contributed by atoms with Crippen LogP contribution in [0.15, 0.2) is 24.3 Å². The Morgan fingerprint density at radius 2 is 1.77 bits per heavy atom. The van der Waals surface area contributed by atoms with Crippen LogP contribution in [0.3, 0.4) is 0 Å². The molecular formula is C20H30FN3O2. The van der Waals surface area contributed by atoms with Gasteiger partial charge in [-0.1, -0.05) is 19.1 Å². The Hall–Kier alpha value is -1.50. The van der Waals surface area contributed by atoms with Gasteiger partial charge in [0.15, 0.2) is 0 Å². The fourth-order valence-electron chi connectivity index (χ4n) is 3.82. The highest BCUT2D eigenvalue weighted by Crippen LogP contribution is 2.24. The Morgan fingerprint density at radius 1 is 1.12 bits per heavy atom. The van der Waals surface area contributed by atoms with Gasteiger partial charge in [-0.2, -0.15) is 0 Å². The van der Waals surface area contributed by atoms with Crippen molar-refractivity contribution in [1.29, 1.82) is 0 Å². The second kappa shape index (κ2) is 9.44. The minimum absolute atomic E-state index is 0.0712. The number of rotatable bonds is 6. The minimum Gasteiger partial charge on any atom is -0.378 e. The smallest absolute Gasteiger partial charge is 0.240 e. The number of amides is 1. The molecule has 0 aromatic heterocycles. The molecule has 0 aliphatic carbocycles. The third kappa shape index (κ3) is 5.02. The number of hydrogen-bond donors (Lipinski definition) is 1. The number of morpholine rings is 1. The molecule has 1 aromatic carbocycles. The summed E-state index contributed by atoms with van der Waals surface area (Å²) in [6, 6.07) is 6.66. The predicted octanol–water partition coefficient (Wildman–Crippen LogP) is 1.84. The summed E-state index contributed by atoms with van der Waals surface area (Å²) >= 11 is 0. The molecule has 0 bridgehead atoms. The van der Waals surface area contributed by atoms with Gasteiger partial charge in [-0.3, -0.25) is 9.69 Å². The Morgan fingerprint density at radius 3 is 2.42 bits per heavy atom. The maximum Gasteiger partial charge on any atom is 0.240 e. The SMILES string of the molecule is CC(CCC(C(=O)N1CCOCC1)N1CCNCC1)c1ccc(F)cc1. The molecule has 0 radical (unpaired) electrons. The van der Waals surface area contributed by atoms with Gasteiger partial charge in [-0.25, -0.2) is 4.39 Å². The molecule has 26 heavy (non-hydrogen) atoms. The van der Waals surface area contributed by atoms with Gasteiger partial charge in [0.1, 0.15) is 5.82 Å². The molecule has 6 heteroatoms. The highest BCUT2D eigenvalue weighted by atomic mass is 19.1. The van der Waals surface area contributed by atoms with Crippen LogP contribution in [0.25, 0.3) is 0 Å². The van der Waals surface area contributed by atoms with E-state index in [0.717, 1.165) is 44.6 Å². The van der Waals surface area contributed by atoms with E-state index in [1.54, 1.807) is 0 Å². The van der Waals surface area contributed by atoms with E-state index >= 15 is 0 Å². The summed E-state index contributed by atoms with van der Waals surface area (Å²) in [5.41, 5.74) is 1.13. The van der Waals surface area contributed by atoms with Gasteiger partial charge in [-0.05, 0) is 36.5 Å². The first-order valence-electron chi connectivity index (χ1n) is 9.72. The van der Waals surface area contributed by atoms with Gasteiger partial charge in [0.2, 0.25) is 5.91 Å². The van der Waals surface area contributed by atoms with Crippen LogP contribution < -0.4 is 5.32 Å². The van der Waals surface area contributed by atoms with Crippen molar-refractivity contribution in [3.63, 3.8) is 0 Å². The molecule has 2 saturated heterocycles. The van der Waals surface area contributed by atoms with Gasteiger partial charge in [0.25, 0.3) is 0 Å². The van der Waals surface area contributed by atoms with Crippen LogP contribution >= 0.6 is 0 Å². The number of carbonyl (C=O) groups is 1. The average molecular weight is 363 g/mol. The molecule has 2 fully saturated rings. The molecule has 0 saturated carbocycles. The molecule has 1 N–H and O–H groups in total. The van der Waals surface area contributed by atoms with E-state index in [0.29, 0.717) is 32.2 Å². The largest absolute Gasteiger partial charge is 0.378 e. The lowest BCUT2D eigenvalue weighted by molar-refractivity contribution is -0.141. The summed E-state index contributed by atoms with van der Waals surface area (Å²) in [6.45, 7) is 8.47. The highest BCUT2D eigenvalue weighted by Gasteiger charge is 2.31. The predicted molar refractivity (Wildman–Crippen MR) is 99.7 cm³/mol. The number of carbonyl (C=O) groups excluding carboxylic acids is 1. The third-order valence-corrected chi connectivity index (χ3v) is 5.51. The Labute approximate surface area is 155 Å². The molecule has 2 heterocycles. The van der Waals surface area contributed by atoms with Gasteiger partial charge in [0.05, 0.1) is 19.3 Å². The number of hydrogen-bond acceptors (Lipinski definition) is 4. The van der Waals surface area contributed by atoms with Crippen LogP contribution in [-0.2, 0) is 9.53 Å². The number of nitrogens with zero attached hydrogens (tertiary/aromatic N) is 2. The first-order chi connectivity index (χ1) is 12.6. The van der Waals surface area contributed by atoms with Crippen molar-refractivity contribution in [2.45, 2.75) is 31.7 Å². The fraction of sp³-hybridized carbons (Fsp3) is 0.650. The Bertz CT molecular complexity index is 569. The third-order valence-electron chi connectivity index (χ3n) is 5.51. The van der Waals surface area contributed by atoms with Crippen LogP contribution in [0.4, 0.5) is 4.39 Å². The first kappa shape index (κ1) is 19.3. The summed E-state index contributed by atoms with van der Waals surface area (Å²) < 4.78 is 18.5. The summed E-state index contributed by atoms with van der Waals surface area (Å²) in [5, 5.41) is 3.36. The quantitative estimate of drug-likeness (QED) is 0.838. The zero-order valence-electron chi connectivity index (χ0n) is 15.6. The van der Waals surface area contributed by atoms with Gasteiger partial charge < -0.3 is 15.0 Å². The van der Waals surface area contributed by atoms with Gasteiger partial charge in [-0.15, -0.1) is 0 Å². The monoisotopic (exact) mass is 363 g/mol. The van der Waals surface area contributed by atoms with E-state index in [4.69, 9.17) is 4.74 Å². The van der Waals surface area contributed by atoms with Crippen LogP contribution in [0, 0.1) is 5.82 Å². The van der Waals surface area contributed by atoms with Crippen LogP contribution in [0.2, 0.25) is 0 Å². The van der Waals surface area contributed by atoms with Gasteiger partial charge >= 0.3 is 0 Å². The normalized spacial score (nSPS) is 21.4. The first-order valence-corrected chi connectivity index (χ1v) is 9.72. The Balaban J connectivity index is 1.64. The van der Waals surface area contributed by atoms with E-state index < -0.39 is 0 Å². The lowest BCUT2D eigenvalue weighted by atomic mass is 9.93. The zero-order valence-corrected chi connectivity index (χ0v) is 15.6. The zero-order chi connectivity index (χ0) is 18.4. The molecule has 2 unspecified atom stereocenters. The van der Waals surface area contributed by atoms with Crippen molar-refractivity contribution in [3.8, 4) is 0 Å². The van der Waals surface area contributed by atoms with Gasteiger partial charge in [0, 0.05) is 39.3 Å². The molecule has 0 spiro atoms. The van der Waals surface area contributed by atoms with Crippen LogP contribution in [-0.4, -0.2) is 74.2 Å². The van der Waals surface area contributed by atoms with Crippen molar-refractivity contribution in [3.05, 3.63) is 35.6 Å². The number of piperazine rings is 1. The molecule has 1 amide bonds. The topological polar surface area (TPSA) is 44.8 Å². The van der Waals surface area contributed by atoms with Crippen molar-refractivity contribution in [1.82, 2.24) is 15.1 Å². The number of benzene rings is 1. The minimum atomic E-state index is -0.206. The molecule has 2 aliphatic heterocycles. The summed E-state index contributed by atoms with van der Waals surface area (Å²) in [6.07, 6.45) is 1.74. The van der Waals surface area contributed by atoms with E-state index in [2.05, 4.69) is 17.1 Å². The lowest BCUT2D eigenvalue weighted by Crippen LogP contribution is -2.56. The summed E-state index contributed by atoms with van der Waals surface area (Å²) in [7, 11) is 0. The molecule has 3 rings (SSSR count). The van der Waals surface area contributed by atoms with Crippen LogP contribution in [0.5, 0.6) is 0 Å². The van der Waals surface area contributed by atoms with E-state index in [9.17, 15) is 9.18 Å². The molecule has 2 aliphatic rings. The summed E-state index contributed by atoms with van der Waals surface area (Å²) in [4.78, 5) is 17.4. The second-order valence-corrected chi connectivity index (χ2v) is 7.27. The van der Waals surface area contributed by atoms with Crippen molar-refractivity contribution >= 4 is 5.91 Å². The second-order valence-electron chi connectivity index (χ2n) is 7.27. The number of ether oxygens (including phenoxy) is 1.